The van der Waals surface area contributed by atoms with Crippen LogP contribution in [0.25, 0.3) is 0 Å². The number of hydrogen-bond donors (Lipinski definition) is 7. The molecule has 1 fully saturated rings. The van der Waals surface area contributed by atoms with Crippen LogP contribution in [0.5, 0.6) is 0 Å². The molecule has 26 heavy (non-hydrogen) atoms. The molecule has 8 nitrogen and oxygen atoms in total. The van der Waals surface area contributed by atoms with Gasteiger partial charge in [0.2, 0.25) is 0 Å². The Morgan fingerprint density at radius 1 is 0.769 bits per heavy atom. The molecule has 2 unspecified atom stereocenters. The van der Waals surface area contributed by atoms with Crippen molar-refractivity contribution in [1.29, 1.82) is 0 Å². The fourth-order valence-corrected chi connectivity index (χ4v) is 3.18. The van der Waals surface area contributed by atoms with Crippen molar-refractivity contribution >= 4 is 0 Å². The molecule has 0 radical (unpaired) electrons. The molecule has 0 aromatic heterocycles. The summed E-state index contributed by atoms with van der Waals surface area (Å²) in [5.74, 6) is -4.98. The van der Waals surface area contributed by atoms with E-state index < -0.39 is 42.6 Å². The van der Waals surface area contributed by atoms with E-state index in [1.165, 1.54) is 32.1 Å². The van der Waals surface area contributed by atoms with E-state index in [1.54, 1.807) is 0 Å². The predicted octanol–water partition coefficient (Wildman–Crippen LogP) is -0.249. The van der Waals surface area contributed by atoms with Crippen LogP contribution in [0, 0.1) is 0 Å². The van der Waals surface area contributed by atoms with Crippen molar-refractivity contribution < 1.29 is 40.5 Å². The average Bonchev–Trinajstić information content (AvgIpc) is 3.22. The van der Waals surface area contributed by atoms with Gasteiger partial charge in [-0.1, -0.05) is 64.7 Å². The Bertz CT molecular complexity index is 395. The first-order valence-electron chi connectivity index (χ1n) is 9.72. The van der Waals surface area contributed by atoms with E-state index in [0.717, 1.165) is 19.3 Å². The van der Waals surface area contributed by atoms with Gasteiger partial charge in [-0.15, -0.1) is 0 Å². The Balaban J connectivity index is 2.27. The molecule has 1 aliphatic heterocycles. The molecule has 1 saturated heterocycles. The fraction of sp³-hybridized carbons (Fsp3) is 1.00. The third kappa shape index (κ3) is 5.84. The summed E-state index contributed by atoms with van der Waals surface area (Å²) in [6, 6.07) is 0. The number of epoxide rings is 1. The summed E-state index contributed by atoms with van der Waals surface area (Å²) in [6.45, 7) is 1.34. The maximum atomic E-state index is 10.2. The molecule has 7 N–H and O–H groups in total. The molecule has 0 aliphatic carbocycles. The Morgan fingerprint density at radius 3 is 1.77 bits per heavy atom. The van der Waals surface area contributed by atoms with Gasteiger partial charge in [0.05, 0.1) is 6.61 Å². The van der Waals surface area contributed by atoms with E-state index in [-0.39, 0.29) is 6.42 Å². The van der Waals surface area contributed by atoms with Gasteiger partial charge in [-0.3, -0.25) is 0 Å². The maximum absolute atomic E-state index is 10.2. The van der Waals surface area contributed by atoms with Gasteiger partial charge < -0.3 is 40.5 Å². The molecule has 8 heteroatoms. The number of unbranched alkanes of at least 4 members (excludes halogenated alkanes) is 8. The van der Waals surface area contributed by atoms with E-state index in [1.807, 2.05) is 0 Å². The second-order valence-corrected chi connectivity index (χ2v) is 7.31. The Labute approximate surface area is 155 Å². The highest BCUT2D eigenvalue weighted by molar-refractivity contribution is 5.11. The summed E-state index contributed by atoms with van der Waals surface area (Å²) < 4.78 is 4.72. The lowest BCUT2D eigenvalue weighted by molar-refractivity contribution is -0.165. The predicted molar refractivity (Wildman–Crippen MR) is 93.9 cm³/mol. The summed E-state index contributed by atoms with van der Waals surface area (Å²) in [6.07, 6.45) is 2.81. The zero-order valence-corrected chi connectivity index (χ0v) is 15.6. The van der Waals surface area contributed by atoms with Crippen LogP contribution in [-0.4, -0.2) is 78.3 Å². The molecule has 0 spiro atoms. The zero-order chi connectivity index (χ0) is 19.8. The first-order chi connectivity index (χ1) is 12.2. The quantitative estimate of drug-likeness (QED) is 0.152. The highest BCUT2D eigenvalue weighted by atomic mass is 16.9. The fourth-order valence-electron chi connectivity index (χ4n) is 3.18. The lowest BCUT2D eigenvalue weighted by Crippen LogP contribution is -2.53. The molecule has 0 amide bonds. The molecular weight excluding hydrogens is 344 g/mol. The Morgan fingerprint density at radius 2 is 1.27 bits per heavy atom. The van der Waals surface area contributed by atoms with Gasteiger partial charge in [0, 0.05) is 0 Å². The largest absolute Gasteiger partial charge is 0.394 e. The maximum Gasteiger partial charge on any atom is 0.256 e. The third-order valence-corrected chi connectivity index (χ3v) is 5.12. The van der Waals surface area contributed by atoms with E-state index in [9.17, 15) is 30.6 Å². The van der Waals surface area contributed by atoms with Gasteiger partial charge in [0.15, 0.2) is 0 Å². The topological polar surface area (TPSA) is 154 Å². The number of aliphatic hydroxyl groups is 7. The van der Waals surface area contributed by atoms with Crippen molar-refractivity contribution in [3.8, 4) is 0 Å². The number of rotatable bonds is 15. The number of ether oxygens (including phenoxy) is 1. The monoisotopic (exact) mass is 380 g/mol. The second kappa shape index (κ2) is 10.9. The molecule has 0 bridgehead atoms. The standard InChI is InChI=1S/C18H36O8/c1-2-3-4-5-6-7-8-9-10-11-14(21)17(24)18(25,26-17)16(23)15(22)13(20)12-19/h13-16,19-25H,2-12H2,1H3/t13-,14?,15+,16+,17?,18+/m0/s1. The minimum Gasteiger partial charge on any atom is -0.394 e. The lowest BCUT2D eigenvalue weighted by Gasteiger charge is -2.25. The summed E-state index contributed by atoms with van der Waals surface area (Å²) in [7, 11) is 0. The molecule has 1 rings (SSSR count). The summed E-state index contributed by atoms with van der Waals surface area (Å²) >= 11 is 0. The number of aliphatic hydroxyl groups excluding tert-OH is 5. The van der Waals surface area contributed by atoms with Gasteiger partial charge in [-0.25, -0.2) is 0 Å². The van der Waals surface area contributed by atoms with Gasteiger partial charge in [0.25, 0.3) is 11.6 Å². The normalized spacial score (nSPS) is 30.0. The van der Waals surface area contributed by atoms with Crippen molar-refractivity contribution in [2.75, 3.05) is 6.61 Å². The SMILES string of the molecule is CCCCCCCCCCCC(O)C1(O)O[C@]1(O)[C@H](O)[C@H](O)[C@@H](O)CO. The molecule has 0 saturated carbocycles. The van der Waals surface area contributed by atoms with Gasteiger partial charge in [0.1, 0.15) is 24.4 Å². The van der Waals surface area contributed by atoms with Crippen molar-refractivity contribution in [2.24, 2.45) is 0 Å². The smallest absolute Gasteiger partial charge is 0.256 e. The van der Waals surface area contributed by atoms with E-state index >= 15 is 0 Å². The first kappa shape index (κ1) is 23.7. The van der Waals surface area contributed by atoms with Crippen molar-refractivity contribution in [3.05, 3.63) is 0 Å². The Hall–Kier alpha value is -0.320. The van der Waals surface area contributed by atoms with Crippen LogP contribution in [0.3, 0.4) is 0 Å². The van der Waals surface area contributed by atoms with E-state index in [0.29, 0.717) is 6.42 Å². The van der Waals surface area contributed by atoms with Crippen LogP contribution >= 0.6 is 0 Å². The lowest BCUT2D eigenvalue weighted by atomic mass is 9.94. The summed E-state index contributed by atoms with van der Waals surface area (Å²) in [5, 5.41) is 67.9. The highest BCUT2D eigenvalue weighted by Gasteiger charge is 2.78. The van der Waals surface area contributed by atoms with Crippen molar-refractivity contribution in [2.45, 2.75) is 107 Å². The third-order valence-electron chi connectivity index (χ3n) is 5.12. The van der Waals surface area contributed by atoms with Crippen molar-refractivity contribution in [3.63, 3.8) is 0 Å². The number of hydrogen-bond acceptors (Lipinski definition) is 8. The first-order valence-corrected chi connectivity index (χ1v) is 9.72. The van der Waals surface area contributed by atoms with E-state index in [2.05, 4.69) is 6.92 Å². The second-order valence-electron chi connectivity index (χ2n) is 7.31. The van der Waals surface area contributed by atoms with Crippen LogP contribution < -0.4 is 0 Å². The summed E-state index contributed by atoms with van der Waals surface area (Å²) in [5.41, 5.74) is 0. The molecule has 0 aromatic rings. The minimum absolute atomic E-state index is 0.167. The Kier molecular flexibility index (Phi) is 9.92. The van der Waals surface area contributed by atoms with E-state index in [4.69, 9.17) is 9.84 Å². The molecule has 156 valence electrons. The van der Waals surface area contributed by atoms with Crippen LogP contribution in [0.15, 0.2) is 0 Å². The van der Waals surface area contributed by atoms with Gasteiger partial charge >= 0.3 is 0 Å². The highest BCUT2D eigenvalue weighted by Crippen LogP contribution is 2.50. The molecule has 1 aliphatic rings. The van der Waals surface area contributed by atoms with Crippen LogP contribution in [0.2, 0.25) is 0 Å². The average molecular weight is 380 g/mol. The van der Waals surface area contributed by atoms with Crippen molar-refractivity contribution in [1.82, 2.24) is 0 Å². The zero-order valence-electron chi connectivity index (χ0n) is 15.6. The van der Waals surface area contributed by atoms with Gasteiger partial charge in [-0.05, 0) is 6.42 Å². The molecule has 0 aromatic carbocycles. The molecular formula is C18H36O8. The van der Waals surface area contributed by atoms with Crippen LogP contribution in [0.4, 0.5) is 0 Å². The summed E-state index contributed by atoms with van der Waals surface area (Å²) in [4.78, 5) is 0. The van der Waals surface area contributed by atoms with Gasteiger partial charge in [-0.2, -0.15) is 0 Å². The minimum atomic E-state index is -2.58. The van der Waals surface area contributed by atoms with Crippen LogP contribution in [-0.2, 0) is 4.74 Å². The van der Waals surface area contributed by atoms with Crippen LogP contribution in [0.1, 0.15) is 71.1 Å². The molecule has 1 heterocycles. The molecule has 6 atom stereocenters.